The quantitative estimate of drug-likeness (QED) is 0.242. The fourth-order valence-electron chi connectivity index (χ4n) is 4.20. The summed E-state index contributed by atoms with van der Waals surface area (Å²) in [6.45, 7) is 3.93. The third-order valence-corrected chi connectivity index (χ3v) is 7.55. The van der Waals surface area contributed by atoms with Gasteiger partial charge in [-0.1, -0.05) is 48.2 Å². The number of carbonyl (C=O) groups is 3. The van der Waals surface area contributed by atoms with Gasteiger partial charge in [0.2, 0.25) is 0 Å². The van der Waals surface area contributed by atoms with E-state index < -0.39 is 11.8 Å². The smallest absolute Gasteiger partial charge is 0.283 e. The number of methoxy groups -OCH3 is 1. The predicted molar refractivity (Wildman–Crippen MR) is 159 cm³/mol. The zero-order valence-corrected chi connectivity index (χ0v) is 23.0. The summed E-state index contributed by atoms with van der Waals surface area (Å²) in [4.78, 5) is 42.4. The number of carbonyl (C=O) groups excluding carboxylic acids is 3. The Morgan fingerprint density at radius 1 is 0.775 bits per heavy atom. The van der Waals surface area contributed by atoms with Gasteiger partial charge in [0.05, 0.1) is 12.8 Å². The number of ether oxygens (including phenoxy) is 1. The Labute approximate surface area is 236 Å². The predicted octanol–water partition coefficient (Wildman–Crippen LogP) is 6.55. The van der Waals surface area contributed by atoms with Crippen molar-refractivity contribution in [3.8, 4) is 5.75 Å². The van der Waals surface area contributed by atoms with Crippen molar-refractivity contribution in [2.45, 2.75) is 18.7 Å². The highest BCUT2D eigenvalue weighted by atomic mass is 32.2. The van der Waals surface area contributed by atoms with Crippen LogP contribution in [0.3, 0.4) is 0 Å². The van der Waals surface area contributed by atoms with E-state index in [1.807, 2.05) is 62.4 Å². The first-order chi connectivity index (χ1) is 19.3. The van der Waals surface area contributed by atoms with E-state index in [0.29, 0.717) is 33.3 Å². The Hall–Kier alpha value is -4.82. The molecule has 0 spiro atoms. The molecule has 3 amide bonds. The number of aryl methyl sites for hydroxylation is 2. The highest BCUT2D eigenvalue weighted by Crippen LogP contribution is 2.39. The van der Waals surface area contributed by atoms with Gasteiger partial charge in [0.1, 0.15) is 16.4 Å². The van der Waals surface area contributed by atoms with Crippen LogP contribution in [0.1, 0.15) is 21.5 Å². The van der Waals surface area contributed by atoms with Gasteiger partial charge in [0.15, 0.2) is 0 Å². The molecule has 40 heavy (non-hydrogen) atoms. The Morgan fingerprint density at radius 3 is 2.27 bits per heavy atom. The molecule has 0 saturated carbocycles. The normalized spacial score (nSPS) is 13.0. The van der Waals surface area contributed by atoms with E-state index in [1.54, 1.807) is 55.6 Å². The third-order valence-electron chi connectivity index (χ3n) is 6.48. The molecule has 0 bridgehead atoms. The van der Waals surface area contributed by atoms with Crippen LogP contribution in [0.2, 0.25) is 0 Å². The molecule has 1 aliphatic heterocycles. The Kier molecular flexibility index (Phi) is 7.70. The second-order valence-electron chi connectivity index (χ2n) is 9.23. The first kappa shape index (κ1) is 26.8. The highest BCUT2D eigenvalue weighted by Gasteiger charge is 2.40. The van der Waals surface area contributed by atoms with Gasteiger partial charge in [-0.25, -0.2) is 4.90 Å². The van der Waals surface area contributed by atoms with Crippen LogP contribution in [0.25, 0.3) is 0 Å². The molecule has 5 rings (SSSR count). The Bertz CT molecular complexity index is 1650. The molecule has 4 aromatic carbocycles. The number of nitrogens with zero attached hydrogens (tertiary/aromatic N) is 1. The Balaban J connectivity index is 1.45. The molecule has 8 heteroatoms. The lowest BCUT2D eigenvalue weighted by Gasteiger charge is -2.16. The molecular weight excluding hydrogens is 522 g/mol. The molecule has 1 heterocycles. The number of hydrogen-bond donors (Lipinski definition) is 2. The van der Waals surface area contributed by atoms with E-state index >= 15 is 0 Å². The van der Waals surface area contributed by atoms with E-state index in [4.69, 9.17) is 4.74 Å². The molecule has 7 nitrogen and oxygen atoms in total. The van der Waals surface area contributed by atoms with Crippen molar-refractivity contribution in [2.24, 2.45) is 0 Å². The first-order valence-corrected chi connectivity index (χ1v) is 13.4. The summed E-state index contributed by atoms with van der Waals surface area (Å²) in [6.07, 6.45) is 0. The summed E-state index contributed by atoms with van der Waals surface area (Å²) in [6, 6.07) is 28.8. The maximum Gasteiger partial charge on any atom is 0.283 e. The summed E-state index contributed by atoms with van der Waals surface area (Å²) < 4.78 is 5.22. The molecule has 0 unspecified atom stereocenters. The number of hydrogen-bond acceptors (Lipinski definition) is 6. The summed E-state index contributed by atoms with van der Waals surface area (Å²) >= 11 is 1.17. The number of para-hydroxylation sites is 1. The van der Waals surface area contributed by atoms with Crippen LogP contribution in [0.4, 0.5) is 17.1 Å². The maximum atomic E-state index is 13.7. The minimum Gasteiger partial charge on any atom is -0.497 e. The van der Waals surface area contributed by atoms with Gasteiger partial charge >= 0.3 is 0 Å². The fourth-order valence-corrected chi connectivity index (χ4v) is 5.19. The minimum absolute atomic E-state index is 0.199. The Morgan fingerprint density at radius 2 is 1.52 bits per heavy atom. The van der Waals surface area contributed by atoms with Gasteiger partial charge in [-0.2, -0.15) is 0 Å². The van der Waals surface area contributed by atoms with Crippen LogP contribution in [0, 0.1) is 13.8 Å². The van der Waals surface area contributed by atoms with Crippen molar-refractivity contribution in [1.29, 1.82) is 0 Å². The highest BCUT2D eigenvalue weighted by molar-refractivity contribution is 8.04. The lowest BCUT2D eigenvalue weighted by molar-refractivity contribution is -0.120. The molecule has 0 radical (unpaired) electrons. The number of imide groups is 1. The second-order valence-corrected chi connectivity index (χ2v) is 10.3. The minimum atomic E-state index is -0.429. The van der Waals surface area contributed by atoms with Crippen molar-refractivity contribution in [2.75, 3.05) is 22.6 Å². The molecule has 0 saturated heterocycles. The van der Waals surface area contributed by atoms with Crippen LogP contribution in [0.15, 0.2) is 113 Å². The summed E-state index contributed by atoms with van der Waals surface area (Å²) in [5.74, 6) is -0.551. The van der Waals surface area contributed by atoms with E-state index in [1.165, 1.54) is 16.7 Å². The monoisotopic (exact) mass is 549 g/mol. The van der Waals surface area contributed by atoms with E-state index in [-0.39, 0.29) is 16.5 Å². The molecule has 0 fully saturated rings. The van der Waals surface area contributed by atoms with Gasteiger partial charge in [-0.3, -0.25) is 14.4 Å². The van der Waals surface area contributed by atoms with Crippen molar-refractivity contribution in [3.63, 3.8) is 0 Å². The zero-order chi connectivity index (χ0) is 28.2. The van der Waals surface area contributed by atoms with Crippen LogP contribution in [-0.2, 0) is 9.59 Å². The van der Waals surface area contributed by atoms with E-state index in [9.17, 15) is 14.4 Å². The van der Waals surface area contributed by atoms with Gasteiger partial charge in [0, 0.05) is 21.8 Å². The van der Waals surface area contributed by atoms with Crippen molar-refractivity contribution < 1.29 is 19.1 Å². The van der Waals surface area contributed by atoms with E-state index in [0.717, 1.165) is 11.1 Å². The summed E-state index contributed by atoms with van der Waals surface area (Å²) in [5.41, 5.74) is 4.47. The maximum absolute atomic E-state index is 13.7. The number of benzene rings is 4. The topological polar surface area (TPSA) is 87.7 Å². The lowest BCUT2D eigenvalue weighted by atomic mass is 10.1. The molecule has 2 N–H and O–H groups in total. The number of anilines is 3. The molecule has 0 atom stereocenters. The van der Waals surface area contributed by atoms with E-state index in [2.05, 4.69) is 10.6 Å². The van der Waals surface area contributed by atoms with Crippen LogP contribution in [0.5, 0.6) is 5.75 Å². The molecule has 200 valence electrons. The zero-order valence-electron chi connectivity index (χ0n) is 22.2. The first-order valence-electron chi connectivity index (χ1n) is 12.6. The van der Waals surface area contributed by atoms with Gasteiger partial charge in [0.25, 0.3) is 17.7 Å². The van der Waals surface area contributed by atoms with Gasteiger partial charge < -0.3 is 15.4 Å². The fraction of sp³-hybridized carbons (Fsp3) is 0.0938. The molecular formula is C32H27N3O4S. The third kappa shape index (κ3) is 5.62. The average Bonchev–Trinajstić information content (AvgIpc) is 3.19. The standard InChI is InChI=1S/C32H27N3O4S/c1-20-15-16-25(17-21(20)2)35-31(37)28(33-23-10-5-4-6-11-23)29(32(35)38)40-27-14-8-12-24(19-27)34-30(36)22-9-7-13-26(18-22)39-3/h4-19,33H,1-3H3,(H,34,36). The van der Waals surface area contributed by atoms with Gasteiger partial charge in [-0.05, 0) is 85.6 Å². The summed E-state index contributed by atoms with van der Waals surface area (Å²) in [5, 5.41) is 6.05. The summed E-state index contributed by atoms with van der Waals surface area (Å²) in [7, 11) is 1.55. The molecule has 0 aliphatic carbocycles. The van der Waals surface area contributed by atoms with Crippen molar-refractivity contribution >= 4 is 46.5 Å². The largest absolute Gasteiger partial charge is 0.497 e. The number of amides is 3. The van der Waals surface area contributed by atoms with Crippen LogP contribution in [-0.4, -0.2) is 24.8 Å². The van der Waals surface area contributed by atoms with Crippen LogP contribution >= 0.6 is 11.8 Å². The SMILES string of the molecule is COc1cccc(C(=O)Nc2cccc(SC3=C(Nc4ccccc4)C(=O)N(c4ccc(C)c(C)c4)C3=O)c2)c1. The van der Waals surface area contributed by atoms with Crippen molar-refractivity contribution in [3.05, 3.63) is 124 Å². The number of thioether (sulfide) groups is 1. The van der Waals surface area contributed by atoms with Crippen molar-refractivity contribution in [1.82, 2.24) is 0 Å². The average molecular weight is 550 g/mol. The van der Waals surface area contributed by atoms with Gasteiger partial charge in [-0.15, -0.1) is 0 Å². The van der Waals surface area contributed by atoms with Crippen LogP contribution < -0.4 is 20.3 Å². The molecule has 4 aromatic rings. The second kappa shape index (κ2) is 11.5. The number of rotatable bonds is 8. The lowest BCUT2D eigenvalue weighted by Crippen LogP contribution is -2.32. The molecule has 0 aromatic heterocycles. The molecule has 1 aliphatic rings. The number of nitrogens with one attached hydrogen (secondary N) is 2.